The lowest BCUT2D eigenvalue weighted by Crippen LogP contribution is -2.25. The summed E-state index contributed by atoms with van der Waals surface area (Å²) in [6.45, 7) is 2.07. The van der Waals surface area contributed by atoms with Crippen molar-refractivity contribution in [2.45, 2.75) is 13.5 Å². The number of aliphatic hydroxyl groups is 1. The van der Waals surface area contributed by atoms with Crippen molar-refractivity contribution >= 4 is 5.91 Å². The lowest BCUT2D eigenvalue weighted by atomic mass is 10.0. The summed E-state index contributed by atoms with van der Waals surface area (Å²) >= 11 is 0. The SMILES string of the molecule is Cc1c(C#CCO)cccc1C(=O)NCc1ccnn1C. The molecular weight excluding hydrogens is 266 g/mol. The first kappa shape index (κ1) is 14.8. The number of carbonyl (C=O) groups excluding carboxylic acids is 1. The van der Waals surface area contributed by atoms with Crippen LogP contribution >= 0.6 is 0 Å². The van der Waals surface area contributed by atoms with Crippen molar-refractivity contribution in [3.8, 4) is 11.8 Å². The highest BCUT2D eigenvalue weighted by atomic mass is 16.2. The van der Waals surface area contributed by atoms with E-state index in [-0.39, 0.29) is 12.5 Å². The van der Waals surface area contributed by atoms with Crippen molar-refractivity contribution < 1.29 is 9.90 Å². The van der Waals surface area contributed by atoms with Gasteiger partial charge in [-0.25, -0.2) is 0 Å². The molecule has 0 aliphatic carbocycles. The fourth-order valence-electron chi connectivity index (χ4n) is 1.99. The van der Waals surface area contributed by atoms with E-state index in [1.54, 1.807) is 23.0 Å². The number of aliphatic hydroxyl groups excluding tert-OH is 1. The van der Waals surface area contributed by atoms with Gasteiger partial charge in [-0.15, -0.1) is 0 Å². The Kier molecular flexibility index (Phi) is 4.75. The van der Waals surface area contributed by atoms with E-state index in [4.69, 9.17) is 5.11 Å². The van der Waals surface area contributed by atoms with Crippen LogP contribution in [-0.4, -0.2) is 27.4 Å². The van der Waals surface area contributed by atoms with Crippen LogP contribution in [0.3, 0.4) is 0 Å². The second-order valence-corrected chi connectivity index (χ2v) is 4.57. The van der Waals surface area contributed by atoms with E-state index < -0.39 is 0 Å². The lowest BCUT2D eigenvalue weighted by Gasteiger charge is -2.09. The Bertz CT molecular complexity index is 708. The fraction of sp³-hybridized carbons (Fsp3) is 0.250. The molecule has 2 aromatic rings. The smallest absolute Gasteiger partial charge is 0.251 e. The van der Waals surface area contributed by atoms with Gasteiger partial charge in [0.05, 0.1) is 12.2 Å². The molecule has 0 unspecified atom stereocenters. The molecule has 0 saturated heterocycles. The topological polar surface area (TPSA) is 67.2 Å². The number of nitrogens with one attached hydrogen (secondary N) is 1. The Morgan fingerprint density at radius 2 is 2.24 bits per heavy atom. The summed E-state index contributed by atoms with van der Waals surface area (Å²) in [5.74, 6) is 5.29. The summed E-state index contributed by atoms with van der Waals surface area (Å²) in [6, 6.07) is 7.23. The van der Waals surface area contributed by atoms with E-state index in [1.165, 1.54) is 0 Å². The quantitative estimate of drug-likeness (QED) is 0.826. The van der Waals surface area contributed by atoms with Gasteiger partial charge < -0.3 is 10.4 Å². The van der Waals surface area contributed by atoms with E-state index in [0.717, 1.165) is 16.8 Å². The molecule has 1 aromatic carbocycles. The van der Waals surface area contributed by atoms with Gasteiger partial charge in [0, 0.05) is 24.4 Å². The Morgan fingerprint density at radius 1 is 1.43 bits per heavy atom. The van der Waals surface area contributed by atoms with Crippen LogP contribution in [0.1, 0.15) is 27.2 Å². The molecule has 0 atom stereocenters. The Labute approximate surface area is 123 Å². The molecule has 1 heterocycles. The van der Waals surface area contributed by atoms with Gasteiger partial charge in [-0.05, 0) is 30.7 Å². The van der Waals surface area contributed by atoms with Crippen LogP contribution in [0.15, 0.2) is 30.5 Å². The minimum Gasteiger partial charge on any atom is -0.384 e. The maximum atomic E-state index is 12.3. The average molecular weight is 283 g/mol. The summed E-state index contributed by atoms with van der Waals surface area (Å²) in [5.41, 5.74) is 3.07. The van der Waals surface area contributed by atoms with Crippen molar-refractivity contribution in [2.24, 2.45) is 7.05 Å². The van der Waals surface area contributed by atoms with E-state index in [9.17, 15) is 4.79 Å². The second-order valence-electron chi connectivity index (χ2n) is 4.57. The van der Waals surface area contributed by atoms with Gasteiger partial charge in [0.2, 0.25) is 0 Å². The van der Waals surface area contributed by atoms with Crippen LogP contribution in [0.25, 0.3) is 0 Å². The minimum absolute atomic E-state index is 0.152. The third-order valence-electron chi connectivity index (χ3n) is 3.23. The van der Waals surface area contributed by atoms with Crippen LogP contribution in [0.5, 0.6) is 0 Å². The number of hydrogen-bond acceptors (Lipinski definition) is 3. The maximum absolute atomic E-state index is 12.3. The van der Waals surface area contributed by atoms with E-state index in [0.29, 0.717) is 12.1 Å². The summed E-state index contributed by atoms with van der Waals surface area (Å²) in [6.07, 6.45) is 1.69. The number of benzene rings is 1. The average Bonchev–Trinajstić information content (AvgIpc) is 2.89. The number of hydrogen-bond donors (Lipinski definition) is 2. The minimum atomic E-state index is -0.198. The molecule has 2 N–H and O–H groups in total. The summed E-state index contributed by atoms with van der Waals surface area (Å²) in [5, 5.41) is 15.7. The molecule has 1 aromatic heterocycles. The van der Waals surface area contributed by atoms with Crippen molar-refractivity contribution in [1.29, 1.82) is 0 Å². The number of amides is 1. The lowest BCUT2D eigenvalue weighted by molar-refractivity contribution is 0.0949. The molecule has 0 bridgehead atoms. The largest absolute Gasteiger partial charge is 0.384 e. The first-order valence-electron chi connectivity index (χ1n) is 6.58. The van der Waals surface area contributed by atoms with Gasteiger partial charge in [0.1, 0.15) is 6.61 Å². The van der Waals surface area contributed by atoms with Crippen molar-refractivity contribution in [3.63, 3.8) is 0 Å². The Balaban J connectivity index is 2.14. The normalized spacial score (nSPS) is 9.86. The molecule has 0 aliphatic heterocycles. The van der Waals surface area contributed by atoms with Crippen LogP contribution in [0.2, 0.25) is 0 Å². The van der Waals surface area contributed by atoms with Gasteiger partial charge >= 0.3 is 0 Å². The standard InChI is InChI=1S/C16H17N3O2/c1-12-13(6-4-10-20)5-3-7-15(12)16(21)17-11-14-8-9-18-19(14)2/h3,5,7-9,20H,10-11H2,1-2H3,(H,17,21). The van der Waals surface area contributed by atoms with Gasteiger partial charge in [-0.2, -0.15) is 5.10 Å². The monoisotopic (exact) mass is 283 g/mol. The van der Waals surface area contributed by atoms with Crippen LogP contribution in [-0.2, 0) is 13.6 Å². The molecule has 0 saturated carbocycles. The second kappa shape index (κ2) is 6.73. The van der Waals surface area contributed by atoms with E-state index in [2.05, 4.69) is 22.3 Å². The molecule has 5 nitrogen and oxygen atoms in total. The molecule has 21 heavy (non-hydrogen) atoms. The maximum Gasteiger partial charge on any atom is 0.251 e. The highest BCUT2D eigenvalue weighted by Crippen LogP contribution is 2.13. The van der Waals surface area contributed by atoms with E-state index in [1.807, 2.05) is 26.1 Å². The number of rotatable bonds is 3. The third kappa shape index (κ3) is 3.50. The highest BCUT2D eigenvalue weighted by Gasteiger charge is 2.11. The number of nitrogens with zero attached hydrogens (tertiary/aromatic N) is 2. The van der Waals surface area contributed by atoms with Crippen LogP contribution < -0.4 is 5.32 Å². The number of carbonyl (C=O) groups is 1. The van der Waals surface area contributed by atoms with Gasteiger partial charge in [0.25, 0.3) is 5.91 Å². The molecule has 0 radical (unpaired) electrons. The summed E-state index contributed by atoms with van der Waals surface area (Å²) in [4.78, 5) is 12.3. The number of aryl methyl sites for hydroxylation is 1. The zero-order valence-electron chi connectivity index (χ0n) is 12.1. The van der Waals surface area contributed by atoms with Crippen LogP contribution in [0.4, 0.5) is 0 Å². The highest BCUT2D eigenvalue weighted by molar-refractivity contribution is 5.96. The third-order valence-corrected chi connectivity index (χ3v) is 3.23. The van der Waals surface area contributed by atoms with Crippen molar-refractivity contribution in [2.75, 3.05) is 6.61 Å². The van der Waals surface area contributed by atoms with Crippen molar-refractivity contribution in [1.82, 2.24) is 15.1 Å². The summed E-state index contributed by atoms with van der Waals surface area (Å²) < 4.78 is 1.72. The first-order valence-corrected chi connectivity index (χ1v) is 6.58. The fourth-order valence-corrected chi connectivity index (χ4v) is 1.99. The molecular formula is C16H17N3O2. The zero-order chi connectivity index (χ0) is 15.2. The predicted molar refractivity (Wildman–Crippen MR) is 79.5 cm³/mol. The molecule has 2 rings (SSSR count). The van der Waals surface area contributed by atoms with Crippen molar-refractivity contribution in [3.05, 3.63) is 52.8 Å². The molecule has 108 valence electrons. The Hall–Kier alpha value is -2.58. The molecule has 1 amide bonds. The molecule has 5 heteroatoms. The first-order chi connectivity index (χ1) is 10.1. The molecule has 0 aliphatic rings. The van der Waals surface area contributed by atoms with Gasteiger partial charge in [0.15, 0.2) is 0 Å². The van der Waals surface area contributed by atoms with E-state index >= 15 is 0 Å². The zero-order valence-corrected chi connectivity index (χ0v) is 12.1. The summed E-state index contributed by atoms with van der Waals surface area (Å²) in [7, 11) is 1.83. The molecule has 0 fully saturated rings. The Morgan fingerprint density at radius 3 is 2.90 bits per heavy atom. The molecule has 0 spiro atoms. The number of aromatic nitrogens is 2. The van der Waals surface area contributed by atoms with Gasteiger partial charge in [-0.1, -0.05) is 17.9 Å². The predicted octanol–water partition coefficient (Wildman–Crippen LogP) is 1.00. The van der Waals surface area contributed by atoms with Gasteiger partial charge in [-0.3, -0.25) is 9.48 Å². The van der Waals surface area contributed by atoms with Crippen LogP contribution in [0, 0.1) is 18.8 Å².